The number of alkyl halides is 2. The van der Waals surface area contributed by atoms with Gasteiger partial charge in [-0.2, -0.15) is 0 Å². The van der Waals surface area contributed by atoms with Gasteiger partial charge in [0.05, 0.1) is 13.2 Å². The Morgan fingerprint density at radius 2 is 0.860 bits per heavy atom. The van der Waals surface area contributed by atoms with Crippen molar-refractivity contribution in [1.29, 1.82) is 0 Å². The second kappa shape index (κ2) is 23.2. The minimum atomic E-state index is -0.275. The molecule has 2 rings (SSSR count). The molecule has 5 heteroatoms. The highest BCUT2D eigenvalue weighted by Gasteiger charge is 2.20. The third-order valence-electron chi connectivity index (χ3n) is 8.20. The minimum Gasteiger partial charge on any atom is -0.348 e. The van der Waals surface area contributed by atoms with Gasteiger partial charge in [-0.05, 0) is 86.2 Å². The van der Waals surface area contributed by atoms with E-state index in [1.54, 1.807) is 0 Å². The molecule has 43 heavy (non-hydrogen) atoms. The van der Waals surface area contributed by atoms with Crippen molar-refractivity contribution in [3.8, 4) is 0 Å². The first-order chi connectivity index (χ1) is 20.6. The third-order valence-corrected chi connectivity index (χ3v) is 9.22. The Labute approximate surface area is 292 Å². The van der Waals surface area contributed by atoms with E-state index in [1.807, 2.05) is 0 Å². The molecule has 0 amide bonds. The van der Waals surface area contributed by atoms with Crippen molar-refractivity contribution in [1.82, 2.24) is 0 Å². The van der Waals surface area contributed by atoms with E-state index in [0.29, 0.717) is 25.0 Å². The Kier molecular flexibility index (Phi) is 21.0. The van der Waals surface area contributed by atoms with Gasteiger partial charge >= 0.3 is 0 Å². The van der Waals surface area contributed by atoms with Gasteiger partial charge in [0.25, 0.3) is 0 Å². The van der Waals surface area contributed by atoms with Crippen LogP contribution in [0.5, 0.6) is 0 Å². The maximum absolute atomic E-state index is 6.68. The van der Waals surface area contributed by atoms with Gasteiger partial charge < -0.3 is 14.2 Å². The fraction of sp³-hybridized carbons (Fsp3) is 0.684. The van der Waals surface area contributed by atoms with Gasteiger partial charge in [0, 0.05) is 7.85 Å². The van der Waals surface area contributed by atoms with Crippen LogP contribution in [0.3, 0.4) is 0 Å². The zero-order valence-electron chi connectivity index (χ0n) is 27.9. The molecule has 8 unspecified atom stereocenters. The standard InChI is InChI=1S/C38H60I2O3/c1-29(23-31(3)25-33(5)39)15-13-21-37(41-27-35-17-9-7-10-18-35)43-38(42-28-36-19-11-8-12-20-36)22-14-16-30(2)24-32(4)26-34(6)40/h7-12,17-20,29-34,37-38H,13-16,21-28H2,1-6H3. The van der Waals surface area contributed by atoms with Crippen molar-refractivity contribution in [2.45, 2.75) is 139 Å². The average molecular weight is 819 g/mol. The number of hydrogen-bond acceptors (Lipinski definition) is 3. The molecule has 0 aliphatic rings. The van der Waals surface area contributed by atoms with Crippen molar-refractivity contribution < 1.29 is 14.2 Å². The summed E-state index contributed by atoms with van der Waals surface area (Å²) >= 11 is 5.11. The highest BCUT2D eigenvalue weighted by atomic mass is 127. The van der Waals surface area contributed by atoms with Gasteiger partial charge in [-0.1, -0.05) is 160 Å². The first kappa shape index (κ1) is 39.0. The SMILES string of the molecule is CC(I)CC(C)CC(C)CCCC(OCc1ccccc1)OC(CCCC(C)CC(C)CC(C)I)OCc1ccccc1. The summed E-state index contributed by atoms with van der Waals surface area (Å²) in [6.45, 7) is 15.4. The van der Waals surface area contributed by atoms with Crippen LogP contribution < -0.4 is 0 Å². The van der Waals surface area contributed by atoms with E-state index in [1.165, 1.54) is 49.7 Å². The summed E-state index contributed by atoms with van der Waals surface area (Å²) < 4.78 is 21.0. The van der Waals surface area contributed by atoms with E-state index >= 15 is 0 Å². The Morgan fingerprint density at radius 1 is 0.488 bits per heavy atom. The van der Waals surface area contributed by atoms with Crippen LogP contribution in [0.15, 0.2) is 60.7 Å². The highest BCUT2D eigenvalue weighted by molar-refractivity contribution is 14.1. The molecule has 0 aliphatic carbocycles. The quantitative estimate of drug-likeness (QED) is 0.0600. The van der Waals surface area contributed by atoms with E-state index in [2.05, 4.69) is 147 Å². The Bertz CT molecular complexity index is 848. The first-order valence-electron chi connectivity index (χ1n) is 16.8. The smallest absolute Gasteiger partial charge is 0.161 e. The minimum absolute atomic E-state index is 0.275. The largest absolute Gasteiger partial charge is 0.348 e. The summed E-state index contributed by atoms with van der Waals surface area (Å²) in [6.07, 6.45) is 11.0. The molecule has 8 atom stereocenters. The molecular formula is C38H60I2O3. The van der Waals surface area contributed by atoms with Gasteiger partial charge in [0.2, 0.25) is 0 Å². The summed E-state index contributed by atoms with van der Waals surface area (Å²) in [4.78, 5) is 0. The van der Waals surface area contributed by atoms with Crippen molar-refractivity contribution in [3.63, 3.8) is 0 Å². The summed E-state index contributed by atoms with van der Waals surface area (Å²) in [5, 5.41) is 0. The van der Waals surface area contributed by atoms with Crippen LogP contribution in [-0.4, -0.2) is 20.4 Å². The molecule has 2 aromatic carbocycles. The molecule has 244 valence electrons. The first-order valence-corrected chi connectivity index (χ1v) is 19.3. The summed E-state index contributed by atoms with van der Waals surface area (Å²) in [5.74, 6) is 2.97. The van der Waals surface area contributed by atoms with Crippen LogP contribution in [0.25, 0.3) is 0 Å². The monoisotopic (exact) mass is 818 g/mol. The zero-order valence-corrected chi connectivity index (χ0v) is 32.2. The fourth-order valence-electron chi connectivity index (χ4n) is 6.25. The molecule has 0 radical (unpaired) electrons. The molecule has 0 saturated heterocycles. The van der Waals surface area contributed by atoms with Crippen LogP contribution in [0, 0.1) is 23.7 Å². The third kappa shape index (κ3) is 19.8. The van der Waals surface area contributed by atoms with Crippen LogP contribution in [0.2, 0.25) is 0 Å². The zero-order chi connectivity index (χ0) is 31.5. The number of halogens is 2. The van der Waals surface area contributed by atoms with Gasteiger partial charge in [-0.15, -0.1) is 0 Å². The summed E-state index contributed by atoms with van der Waals surface area (Å²) in [6, 6.07) is 20.9. The molecule has 2 aromatic rings. The lowest BCUT2D eigenvalue weighted by Crippen LogP contribution is -2.27. The van der Waals surface area contributed by atoms with E-state index in [9.17, 15) is 0 Å². The van der Waals surface area contributed by atoms with Gasteiger partial charge in [-0.3, -0.25) is 0 Å². The lowest BCUT2D eigenvalue weighted by atomic mass is 9.90. The van der Waals surface area contributed by atoms with Gasteiger partial charge in [0.1, 0.15) is 0 Å². The maximum atomic E-state index is 6.68. The Balaban J connectivity index is 1.99. The van der Waals surface area contributed by atoms with Crippen LogP contribution in [-0.2, 0) is 27.4 Å². The summed E-state index contributed by atoms with van der Waals surface area (Å²) in [5.41, 5.74) is 2.36. The number of benzene rings is 2. The van der Waals surface area contributed by atoms with E-state index in [0.717, 1.165) is 45.4 Å². The number of rotatable bonds is 24. The highest BCUT2D eigenvalue weighted by Crippen LogP contribution is 2.27. The van der Waals surface area contributed by atoms with Crippen molar-refractivity contribution in [2.75, 3.05) is 0 Å². The fourth-order valence-corrected chi connectivity index (χ4v) is 7.99. The predicted molar refractivity (Wildman–Crippen MR) is 201 cm³/mol. The molecule has 0 bridgehead atoms. The van der Waals surface area contributed by atoms with Crippen LogP contribution >= 0.6 is 45.2 Å². The predicted octanol–water partition coefficient (Wildman–Crippen LogP) is 12.2. The number of ether oxygens (including phenoxy) is 3. The van der Waals surface area contributed by atoms with Crippen LogP contribution in [0.4, 0.5) is 0 Å². The maximum Gasteiger partial charge on any atom is 0.161 e. The topological polar surface area (TPSA) is 27.7 Å². The van der Waals surface area contributed by atoms with E-state index in [4.69, 9.17) is 14.2 Å². The van der Waals surface area contributed by atoms with Crippen molar-refractivity contribution in [3.05, 3.63) is 71.8 Å². The molecule has 0 fully saturated rings. The second-order valence-corrected chi connectivity index (χ2v) is 17.6. The average Bonchev–Trinajstić information content (AvgIpc) is 2.94. The molecule has 3 nitrogen and oxygen atoms in total. The molecule has 0 saturated carbocycles. The normalized spacial score (nSPS) is 17.5. The Hall–Kier alpha value is -0.220. The molecule has 0 N–H and O–H groups in total. The molecule has 0 heterocycles. The lowest BCUT2D eigenvalue weighted by Gasteiger charge is -2.27. The summed E-state index contributed by atoms with van der Waals surface area (Å²) in [7, 11) is 0. The molecule has 0 spiro atoms. The van der Waals surface area contributed by atoms with Gasteiger partial charge in [-0.25, -0.2) is 0 Å². The van der Waals surface area contributed by atoms with E-state index in [-0.39, 0.29) is 12.6 Å². The van der Waals surface area contributed by atoms with Crippen molar-refractivity contribution >= 4 is 45.2 Å². The number of hydrogen-bond donors (Lipinski definition) is 0. The van der Waals surface area contributed by atoms with Gasteiger partial charge in [0.15, 0.2) is 12.6 Å². The lowest BCUT2D eigenvalue weighted by molar-refractivity contribution is -0.257. The molecule has 0 aliphatic heterocycles. The van der Waals surface area contributed by atoms with Crippen molar-refractivity contribution in [2.24, 2.45) is 23.7 Å². The Morgan fingerprint density at radius 3 is 1.21 bits per heavy atom. The van der Waals surface area contributed by atoms with E-state index < -0.39 is 0 Å². The molecule has 0 aromatic heterocycles. The van der Waals surface area contributed by atoms with Crippen LogP contribution in [0.1, 0.15) is 117 Å². The second-order valence-electron chi connectivity index (χ2n) is 13.4. The molecular weight excluding hydrogens is 758 g/mol.